The van der Waals surface area contributed by atoms with Gasteiger partial charge in [-0.3, -0.25) is 0 Å². The molecule has 0 N–H and O–H groups in total. The van der Waals surface area contributed by atoms with E-state index in [1.54, 1.807) is 11.3 Å². The zero-order valence-corrected chi connectivity index (χ0v) is 27.2. The Morgan fingerprint density at radius 2 is 0.896 bits per heavy atom. The molecule has 0 unspecified atom stereocenters. The summed E-state index contributed by atoms with van der Waals surface area (Å²) in [4.78, 5) is 0. The topological polar surface area (TPSA) is 47.6 Å². The molecule has 0 aliphatic heterocycles. The van der Waals surface area contributed by atoms with Gasteiger partial charge in [-0.25, -0.2) is 0 Å². The predicted octanol–water partition coefficient (Wildman–Crippen LogP) is 12.8. The fourth-order valence-electron chi connectivity index (χ4n) is 6.82. The van der Waals surface area contributed by atoms with Gasteiger partial charge in [0.15, 0.2) is 0 Å². The second kappa shape index (κ2) is 11.3. The molecule has 0 saturated heterocycles. The van der Waals surface area contributed by atoms with Crippen molar-refractivity contribution in [2.45, 2.75) is 0 Å². The molecular formula is C44H24N2S2. The fraction of sp³-hybridized carbons (Fsp3) is 0. The van der Waals surface area contributed by atoms with E-state index in [-0.39, 0.29) is 0 Å². The summed E-state index contributed by atoms with van der Waals surface area (Å²) in [5, 5.41) is 24.9. The van der Waals surface area contributed by atoms with Crippen LogP contribution in [-0.4, -0.2) is 0 Å². The summed E-state index contributed by atoms with van der Waals surface area (Å²) in [6.45, 7) is 0. The molecule has 0 fully saturated rings. The highest BCUT2D eigenvalue weighted by Gasteiger charge is 2.16. The van der Waals surface area contributed by atoms with Gasteiger partial charge in [0.05, 0.1) is 17.2 Å². The van der Waals surface area contributed by atoms with E-state index in [2.05, 4.69) is 109 Å². The van der Waals surface area contributed by atoms with E-state index >= 15 is 0 Å². The van der Waals surface area contributed by atoms with Crippen molar-refractivity contribution in [1.29, 1.82) is 10.5 Å². The first-order chi connectivity index (χ1) is 23.7. The third-order valence-electron chi connectivity index (χ3n) is 9.15. The van der Waals surface area contributed by atoms with Crippen molar-refractivity contribution in [3.63, 3.8) is 0 Å². The average molecular weight is 645 g/mol. The van der Waals surface area contributed by atoms with Crippen molar-refractivity contribution in [2.75, 3.05) is 0 Å². The van der Waals surface area contributed by atoms with Gasteiger partial charge < -0.3 is 0 Å². The first-order valence-electron chi connectivity index (χ1n) is 15.7. The summed E-state index contributed by atoms with van der Waals surface area (Å²) in [6.07, 6.45) is 0. The van der Waals surface area contributed by atoms with Crippen LogP contribution in [0.2, 0.25) is 0 Å². The molecule has 4 heteroatoms. The Morgan fingerprint density at radius 1 is 0.354 bits per heavy atom. The van der Waals surface area contributed by atoms with Gasteiger partial charge in [-0.05, 0) is 100 Å². The van der Waals surface area contributed by atoms with E-state index in [0.717, 1.165) is 55.3 Å². The molecule has 2 nitrogen and oxygen atoms in total. The first-order valence-corrected chi connectivity index (χ1v) is 17.3. The summed E-state index contributed by atoms with van der Waals surface area (Å²) in [5.74, 6) is 0. The average Bonchev–Trinajstić information content (AvgIpc) is 3.71. The highest BCUT2D eigenvalue weighted by atomic mass is 32.1. The number of hydrogen-bond acceptors (Lipinski definition) is 4. The van der Waals surface area contributed by atoms with Crippen LogP contribution in [0.5, 0.6) is 0 Å². The first kappa shape index (κ1) is 28.2. The van der Waals surface area contributed by atoms with Crippen LogP contribution in [0.3, 0.4) is 0 Å². The van der Waals surface area contributed by atoms with E-state index in [1.165, 1.54) is 29.6 Å². The Kier molecular flexibility index (Phi) is 6.66. The van der Waals surface area contributed by atoms with Crippen LogP contribution in [0.4, 0.5) is 0 Å². The molecular weight excluding hydrogens is 621 g/mol. The summed E-state index contributed by atoms with van der Waals surface area (Å²) in [6, 6.07) is 55.7. The molecule has 222 valence electrons. The van der Waals surface area contributed by atoms with Gasteiger partial charge in [0.1, 0.15) is 6.07 Å². The minimum atomic E-state index is 0.661. The molecule has 0 bridgehead atoms. The fourth-order valence-corrected chi connectivity index (χ4v) is 8.97. The summed E-state index contributed by atoms with van der Waals surface area (Å²) < 4.78 is 4.91. The molecule has 0 saturated carbocycles. The van der Waals surface area contributed by atoms with Gasteiger partial charge in [-0.1, -0.05) is 78.9 Å². The van der Waals surface area contributed by atoms with Gasteiger partial charge in [-0.15, -0.1) is 22.7 Å². The van der Waals surface area contributed by atoms with E-state index in [0.29, 0.717) is 11.1 Å². The quantitative estimate of drug-likeness (QED) is 0.191. The second-order valence-corrected chi connectivity index (χ2v) is 14.1. The van der Waals surface area contributed by atoms with Crippen molar-refractivity contribution in [3.8, 4) is 56.6 Å². The third kappa shape index (κ3) is 4.67. The van der Waals surface area contributed by atoms with E-state index in [9.17, 15) is 10.5 Å². The molecule has 9 rings (SSSR count). The number of benzene rings is 7. The third-order valence-corrected chi connectivity index (χ3v) is 11.5. The van der Waals surface area contributed by atoms with Crippen molar-refractivity contribution >= 4 is 63.0 Å². The highest BCUT2D eigenvalue weighted by molar-refractivity contribution is 7.26. The van der Waals surface area contributed by atoms with Crippen LogP contribution < -0.4 is 0 Å². The highest BCUT2D eigenvalue weighted by Crippen LogP contribution is 2.42. The number of nitrogens with zero attached hydrogens (tertiary/aromatic N) is 2. The van der Waals surface area contributed by atoms with Crippen LogP contribution in [0, 0.1) is 22.7 Å². The van der Waals surface area contributed by atoms with Crippen LogP contribution >= 0.6 is 22.7 Å². The van der Waals surface area contributed by atoms with Crippen molar-refractivity contribution in [3.05, 3.63) is 157 Å². The summed E-state index contributed by atoms with van der Waals surface area (Å²) in [5.41, 5.74) is 9.56. The molecule has 0 amide bonds. The molecule has 7 aromatic carbocycles. The number of fused-ring (bicyclic) bond motifs is 6. The Balaban J connectivity index is 1.29. The van der Waals surface area contributed by atoms with Crippen LogP contribution in [-0.2, 0) is 0 Å². The maximum Gasteiger partial charge on any atom is 0.100 e. The lowest BCUT2D eigenvalue weighted by atomic mass is 9.88. The maximum absolute atomic E-state index is 10.6. The lowest BCUT2D eigenvalue weighted by Crippen LogP contribution is -1.92. The number of rotatable bonds is 4. The van der Waals surface area contributed by atoms with Crippen LogP contribution in [0.1, 0.15) is 11.1 Å². The molecule has 0 aliphatic rings. The van der Waals surface area contributed by atoms with Crippen molar-refractivity contribution in [1.82, 2.24) is 0 Å². The lowest BCUT2D eigenvalue weighted by molar-refractivity contribution is 1.47. The monoisotopic (exact) mass is 644 g/mol. The standard InChI is InChI=1S/C44H24N2S2/c45-25-27-13-16-42-37(19-27)39-24-30(15-18-44(39)48-42)32-20-31(29-14-17-43-38(23-29)36-9-4-5-12-41(36)47-43)21-33(22-32)35-11-6-10-34(40(35)26-46)28-7-2-1-3-8-28/h1-24H. The van der Waals surface area contributed by atoms with E-state index in [4.69, 9.17) is 0 Å². The van der Waals surface area contributed by atoms with E-state index < -0.39 is 0 Å². The molecule has 0 aliphatic carbocycles. The molecule has 0 spiro atoms. The minimum absolute atomic E-state index is 0.661. The normalized spacial score (nSPS) is 11.3. The minimum Gasteiger partial charge on any atom is -0.192 e. The van der Waals surface area contributed by atoms with Gasteiger partial charge >= 0.3 is 0 Å². The molecule has 0 atom stereocenters. The number of nitriles is 2. The summed E-state index contributed by atoms with van der Waals surface area (Å²) in [7, 11) is 0. The van der Waals surface area contributed by atoms with Crippen molar-refractivity contribution < 1.29 is 0 Å². The smallest absolute Gasteiger partial charge is 0.100 e. The molecule has 2 heterocycles. The molecule has 2 aromatic heterocycles. The Hall–Kier alpha value is -6.04. The number of hydrogen-bond donors (Lipinski definition) is 0. The largest absolute Gasteiger partial charge is 0.192 e. The Labute approximate surface area is 285 Å². The predicted molar refractivity (Wildman–Crippen MR) is 203 cm³/mol. The van der Waals surface area contributed by atoms with Gasteiger partial charge in [0, 0.05) is 51.5 Å². The SMILES string of the molecule is N#Cc1ccc2sc3ccc(-c4cc(-c5ccc6sc7ccccc7c6c5)cc(-c5cccc(-c6ccccc6)c5C#N)c4)cc3c2c1. The van der Waals surface area contributed by atoms with Gasteiger partial charge in [0.25, 0.3) is 0 Å². The maximum atomic E-state index is 10.6. The van der Waals surface area contributed by atoms with Crippen LogP contribution in [0.15, 0.2) is 146 Å². The molecule has 48 heavy (non-hydrogen) atoms. The lowest BCUT2D eigenvalue weighted by Gasteiger charge is -2.14. The molecule has 0 radical (unpaired) electrons. The van der Waals surface area contributed by atoms with Crippen LogP contribution in [0.25, 0.3) is 84.9 Å². The van der Waals surface area contributed by atoms with Gasteiger partial charge in [0.2, 0.25) is 0 Å². The zero-order valence-electron chi connectivity index (χ0n) is 25.6. The van der Waals surface area contributed by atoms with Gasteiger partial charge in [-0.2, -0.15) is 10.5 Å². The molecule has 9 aromatic rings. The number of thiophene rings is 2. The van der Waals surface area contributed by atoms with E-state index in [1.807, 2.05) is 59.9 Å². The second-order valence-electron chi connectivity index (χ2n) is 11.9. The Morgan fingerprint density at radius 3 is 1.56 bits per heavy atom. The Bertz CT molecular complexity index is 2810. The van der Waals surface area contributed by atoms with Crippen molar-refractivity contribution in [2.24, 2.45) is 0 Å². The summed E-state index contributed by atoms with van der Waals surface area (Å²) >= 11 is 3.57. The zero-order chi connectivity index (χ0) is 32.2.